The van der Waals surface area contributed by atoms with Gasteiger partial charge in [-0.05, 0) is 70.5 Å². The van der Waals surface area contributed by atoms with Crippen LogP contribution >= 0.6 is 0 Å². The topological polar surface area (TPSA) is 72.9 Å². The molecule has 0 amide bonds. The maximum absolute atomic E-state index is 11.1. The van der Waals surface area contributed by atoms with Crippen LogP contribution in [-0.4, -0.2) is 55.7 Å². The minimum atomic E-state index is -0.241. The summed E-state index contributed by atoms with van der Waals surface area (Å²) in [5.74, 6) is 1.45. The lowest BCUT2D eigenvalue weighted by Crippen LogP contribution is -2.28. The fourth-order valence-electron chi connectivity index (χ4n) is 5.15. The molecular weight excluding hydrogens is 406 g/mol. The molecule has 0 radical (unpaired) electrons. The zero-order chi connectivity index (χ0) is 21.9. The van der Waals surface area contributed by atoms with Crippen molar-refractivity contribution >= 4 is 23.1 Å². The highest BCUT2D eigenvalue weighted by Gasteiger charge is 2.32. The first-order valence-electron chi connectivity index (χ1n) is 12.0. The third kappa shape index (κ3) is 4.22. The Morgan fingerprint density at radius 2 is 2.00 bits per heavy atom. The number of likely N-dealkylation sites (tertiary alicyclic amines) is 1. The molecule has 1 aromatic carbocycles. The van der Waals surface area contributed by atoms with Crippen LogP contribution in [0.4, 0.5) is 5.69 Å². The quantitative estimate of drug-likeness (QED) is 0.439. The molecule has 1 saturated carbocycles. The van der Waals surface area contributed by atoms with E-state index in [9.17, 15) is 4.79 Å². The second-order valence-corrected chi connectivity index (χ2v) is 9.15. The van der Waals surface area contributed by atoms with Crippen LogP contribution in [0, 0.1) is 0 Å². The van der Waals surface area contributed by atoms with Crippen molar-refractivity contribution in [2.24, 2.45) is 0 Å². The molecule has 3 aliphatic rings. The molecule has 5 rings (SSSR count). The fourth-order valence-corrected chi connectivity index (χ4v) is 5.15. The van der Waals surface area contributed by atoms with E-state index in [1.807, 2.05) is 12.1 Å². The van der Waals surface area contributed by atoms with Crippen LogP contribution in [0.3, 0.4) is 0 Å². The van der Waals surface area contributed by atoms with Gasteiger partial charge in [0.1, 0.15) is 6.10 Å². The average Bonchev–Trinajstić information content (AvgIpc) is 3.43. The Labute approximate surface area is 189 Å². The molecule has 2 fully saturated rings. The number of benzene rings is 1. The van der Waals surface area contributed by atoms with Crippen molar-refractivity contribution in [1.82, 2.24) is 9.88 Å². The molecule has 2 heterocycles. The van der Waals surface area contributed by atoms with E-state index in [1.165, 1.54) is 32.4 Å². The Kier molecular flexibility index (Phi) is 6.35. The summed E-state index contributed by atoms with van der Waals surface area (Å²) in [6, 6.07) is 4.48. The SMILES string of the molecule is COc1cc2c(NC3CCC3)c3c(nc2cc1OCCCN1CCCC1)CCC3OC=O. The van der Waals surface area contributed by atoms with E-state index >= 15 is 0 Å². The van der Waals surface area contributed by atoms with Crippen molar-refractivity contribution in [1.29, 1.82) is 0 Å². The molecule has 1 N–H and O–H groups in total. The molecule has 7 heteroatoms. The lowest BCUT2D eigenvalue weighted by molar-refractivity contribution is -0.133. The van der Waals surface area contributed by atoms with E-state index in [-0.39, 0.29) is 6.10 Å². The Bertz CT molecular complexity index is 970. The number of carbonyl (C=O) groups is 1. The third-order valence-electron chi connectivity index (χ3n) is 7.10. The van der Waals surface area contributed by atoms with Gasteiger partial charge in [0.05, 0.1) is 30.6 Å². The molecule has 7 nitrogen and oxygen atoms in total. The van der Waals surface area contributed by atoms with Gasteiger partial charge in [0.25, 0.3) is 6.47 Å². The minimum Gasteiger partial charge on any atom is -0.493 e. The van der Waals surface area contributed by atoms with Gasteiger partial charge in [0.15, 0.2) is 11.5 Å². The predicted octanol–water partition coefficient (Wildman–Crippen LogP) is 4.23. The number of anilines is 1. The second kappa shape index (κ2) is 9.53. The van der Waals surface area contributed by atoms with Crippen LogP contribution in [0.1, 0.15) is 62.3 Å². The lowest BCUT2D eigenvalue weighted by atomic mass is 9.92. The van der Waals surface area contributed by atoms with E-state index in [1.54, 1.807) is 7.11 Å². The van der Waals surface area contributed by atoms with Gasteiger partial charge in [0.2, 0.25) is 0 Å². The molecule has 1 saturated heterocycles. The number of hydrogen-bond acceptors (Lipinski definition) is 7. The zero-order valence-corrected chi connectivity index (χ0v) is 18.9. The normalized spacial score (nSPS) is 20.7. The highest BCUT2D eigenvalue weighted by atomic mass is 16.5. The summed E-state index contributed by atoms with van der Waals surface area (Å²) in [6.45, 7) is 4.71. The largest absolute Gasteiger partial charge is 0.493 e. The summed E-state index contributed by atoms with van der Waals surface area (Å²) in [6.07, 6.45) is 8.52. The molecule has 0 bridgehead atoms. The average molecular weight is 440 g/mol. The van der Waals surface area contributed by atoms with Crippen LogP contribution in [0.5, 0.6) is 11.5 Å². The molecule has 1 unspecified atom stereocenters. The highest BCUT2D eigenvalue weighted by molar-refractivity contribution is 5.96. The van der Waals surface area contributed by atoms with Gasteiger partial charge < -0.3 is 24.4 Å². The Morgan fingerprint density at radius 1 is 1.16 bits per heavy atom. The molecule has 1 aliphatic heterocycles. The van der Waals surface area contributed by atoms with Gasteiger partial charge in [-0.15, -0.1) is 0 Å². The summed E-state index contributed by atoms with van der Waals surface area (Å²) in [4.78, 5) is 18.5. The number of aromatic nitrogens is 1. The van der Waals surface area contributed by atoms with Crippen LogP contribution in [-0.2, 0) is 16.0 Å². The van der Waals surface area contributed by atoms with Crippen molar-refractivity contribution < 1.29 is 19.0 Å². The number of carbonyl (C=O) groups excluding carboxylic acids is 1. The first-order chi connectivity index (χ1) is 15.8. The summed E-state index contributed by atoms with van der Waals surface area (Å²) in [5.41, 5.74) is 3.97. The smallest absolute Gasteiger partial charge is 0.293 e. The fraction of sp³-hybridized carbons (Fsp3) is 0.600. The number of pyridine rings is 1. The van der Waals surface area contributed by atoms with Crippen LogP contribution in [0.15, 0.2) is 12.1 Å². The predicted molar refractivity (Wildman–Crippen MR) is 124 cm³/mol. The molecule has 1 aromatic heterocycles. The van der Waals surface area contributed by atoms with Gasteiger partial charge >= 0.3 is 0 Å². The van der Waals surface area contributed by atoms with Crippen molar-refractivity contribution in [2.45, 2.75) is 63.5 Å². The number of rotatable bonds is 10. The van der Waals surface area contributed by atoms with Gasteiger partial charge in [-0.25, -0.2) is 0 Å². The molecule has 172 valence electrons. The number of hydrogen-bond donors (Lipinski definition) is 1. The second-order valence-electron chi connectivity index (χ2n) is 9.15. The third-order valence-corrected chi connectivity index (χ3v) is 7.10. The minimum absolute atomic E-state index is 0.241. The van der Waals surface area contributed by atoms with E-state index < -0.39 is 0 Å². The first-order valence-corrected chi connectivity index (χ1v) is 12.0. The number of nitrogens with zero attached hydrogens (tertiary/aromatic N) is 2. The standard InChI is InChI=1S/C25H33N3O4/c1-30-22-14-18-20(15-23(22)31-13-5-12-28-10-2-3-11-28)27-19-8-9-21(32-16-29)24(19)25(18)26-17-6-4-7-17/h14-17,21H,2-13H2,1H3,(H,26,27). The molecule has 0 spiro atoms. The number of methoxy groups -OCH3 is 1. The Morgan fingerprint density at radius 3 is 2.72 bits per heavy atom. The van der Waals surface area contributed by atoms with Gasteiger partial charge in [0, 0.05) is 29.6 Å². The van der Waals surface area contributed by atoms with Crippen molar-refractivity contribution in [2.75, 3.05) is 38.7 Å². The highest BCUT2D eigenvalue weighted by Crippen LogP contribution is 2.45. The lowest BCUT2D eigenvalue weighted by Gasteiger charge is -2.30. The van der Waals surface area contributed by atoms with Crippen LogP contribution in [0.2, 0.25) is 0 Å². The van der Waals surface area contributed by atoms with E-state index in [4.69, 9.17) is 19.2 Å². The number of nitrogens with one attached hydrogen (secondary N) is 1. The summed E-state index contributed by atoms with van der Waals surface area (Å²) >= 11 is 0. The maximum atomic E-state index is 11.1. The van der Waals surface area contributed by atoms with Gasteiger partial charge in [-0.2, -0.15) is 0 Å². The monoisotopic (exact) mass is 439 g/mol. The van der Waals surface area contributed by atoms with E-state index in [2.05, 4.69) is 10.2 Å². The van der Waals surface area contributed by atoms with Crippen LogP contribution in [0.25, 0.3) is 10.9 Å². The summed E-state index contributed by atoms with van der Waals surface area (Å²) < 4.78 is 17.3. The van der Waals surface area contributed by atoms with E-state index in [0.29, 0.717) is 24.9 Å². The number of fused-ring (bicyclic) bond motifs is 2. The van der Waals surface area contributed by atoms with Crippen molar-refractivity contribution in [3.63, 3.8) is 0 Å². The molecule has 2 aliphatic carbocycles. The Hall–Kier alpha value is -2.54. The van der Waals surface area contributed by atoms with Crippen LogP contribution < -0.4 is 14.8 Å². The summed E-state index contributed by atoms with van der Waals surface area (Å²) in [5, 5.41) is 4.73. The molecule has 2 aromatic rings. The number of ether oxygens (including phenoxy) is 3. The summed E-state index contributed by atoms with van der Waals surface area (Å²) in [7, 11) is 1.68. The van der Waals surface area contributed by atoms with E-state index in [0.717, 1.165) is 72.2 Å². The zero-order valence-electron chi connectivity index (χ0n) is 18.9. The molecule has 32 heavy (non-hydrogen) atoms. The maximum Gasteiger partial charge on any atom is 0.293 e. The Balaban J connectivity index is 1.43. The van der Waals surface area contributed by atoms with Crippen molar-refractivity contribution in [3.8, 4) is 11.5 Å². The molecule has 1 atom stereocenters. The van der Waals surface area contributed by atoms with Gasteiger partial charge in [-0.1, -0.05) is 0 Å². The van der Waals surface area contributed by atoms with Crippen molar-refractivity contribution in [3.05, 3.63) is 23.4 Å². The number of aryl methyl sites for hydroxylation is 1. The molecular formula is C25H33N3O4. The van der Waals surface area contributed by atoms with Gasteiger partial charge in [-0.3, -0.25) is 9.78 Å². The first kappa shape index (κ1) is 21.3.